The van der Waals surface area contributed by atoms with E-state index in [1.807, 2.05) is 19.9 Å². The summed E-state index contributed by atoms with van der Waals surface area (Å²) < 4.78 is 0. The monoisotopic (exact) mass is 266 g/mol. The van der Waals surface area contributed by atoms with Crippen molar-refractivity contribution < 1.29 is 4.79 Å². The molecule has 0 saturated heterocycles. The normalized spacial score (nSPS) is 9.94. The van der Waals surface area contributed by atoms with Crippen molar-refractivity contribution in [3.05, 3.63) is 22.9 Å². The number of amides is 1. The van der Waals surface area contributed by atoms with Crippen LogP contribution in [0.2, 0.25) is 0 Å². The number of hydrogen-bond acceptors (Lipinski definition) is 4. The molecule has 0 aliphatic carbocycles. The van der Waals surface area contributed by atoms with E-state index >= 15 is 0 Å². The Balaban J connectivity index is 2.80. The third kappa shape index (κ3) is 3.96. The Morgan fingerprint density at radius 2 is 2.11 bits per heavy atom. The SMILES string of the molecule is CC(=O)NCCNc1nc(C)cc(C)c1C(N)=S. The molecule has 98 valence electrons. The largest absolute Gasteiger partial charge is 0.389 e. The zero-order chi connectivity index (χ0) is 13.7. The topological polar surface area (TPSA) is 80.0 Å². The van der Waals surface area contributed by atoms with Gasteiger partial charge in [0.2, 0.25) is 5.91 Å². The third-order valence-electron chi connectivity index (χ3n) is 2.38. The molecular formula is C12H18N4OS. The fourth-order valence-electron chi connectivity index (χ4n) is 1.70. The highest BCUT2D eigenvalue weighted by atomic mass is 32.1. The van der Waals surface area contributed by atoms with Crippen molar-refractivity contribution >= 4 is 28.9 Å². The first kappa shape index (κ1) is 14.4. The Kier molecular flexibility index (Phi) is 5.03. The molecule has 6 heteroatoms. The molecular weight excluding hydrogens is 248 g/mol. The zero-order valence-corrected chi connectivity index (χ0v) is 11.6. The first-order valence-electron chi connectivity index (χ1n) is 5.68. The molecule has 5 nitrogen and oxygen atoms in total. The smallest absolute Gasteiger partial charge is 0.216 e. The number of nitrogens with one attached hydrogen (secondary N) is 2. The van der Waals surface area contributed by atoms with Crippen LogP contribution in [-0.4, -0.2) is 29.0 Å². The minimum atomic E-state index is -0.0558. The van der Waals surface area contributed by atoms with Crippen LogP contribution in [0.4, 0.5) is 5.82 Å². The highest BCUT2D eigenvalue weighted by Gasteiger charge is 2.10. The molecule has 1 amide bonds. The number of thiocarbonyl (C=S) groups is 1. The highest BCUT2D eigenvalue weighted by Crippen LogP contribution is 2.18. The van der Waals surface area contributed by atoms with Gasteiger partial charge in [0, 0.05) is 25.7 Å². The summed E-state index contributed by atoms with van der Waals surface area (Å²) in [6.07, 6.45) is 0. The molecule has 0 radical (unpaired) electrons. The third-order valence-corrected chi connectivity index (χ3v) is 2.59. The van der Waals surface area contributed by atoms with Crippen LogP contribution >= 0.6 is 12.2 Å². The molecule has 1 aromatic heterocycles. The van der Waals surface area contributed by atoms with E-state index in [0.29, 0.717) is 23.9 Å². The summed E-state index contributed by atoms with van der Waals surface area (Å²) in [5, 5.41) is 5.84. The number of nitrogens with zero attached hydrogens (tertiary/aromatic N) is 1. The quantitative estimate of drug-likeness (QED) is 0.544. The Morgan fingerprint density at radius 1 is 1.44 bits per heavy atom. The van der Waals surface area contributed by atoms with Crippen LogP contribution in [-0.2, 0) is 4.79 Å². The Hall–Kier alpha value is -1.69. The standard InChI is InChI=1S/C12H18N4OS/c1-7-6-8(2)16-12(10(7)11(13)18)15-5-4-14-9(3)17/h6H,4-5H2,1-3H3,(H2,13,18)(H,14,17)(H,15,16). The molecule has 18 heavy (non-hydrogen) atoms. The molecule has 0 aliphatic rings. The fourth-order valence-corrected chi connectivity index (χ4v) is 1.95. The van der Waals surface area contributed by atoms with Gasteiger partial charge in [0.05, 0.1) is 5.56 Å². The lowest BCUT2D eigenvalue weighted by Crippen LogP contribution is -2.27. The van der Waals surface area contributed by atoms with Crippen molar-refractivity contribution in [3.63, 3.8) is 0 Å². The van der Waals surface area contributed by atoms with E-state index in [1.54, 1.807) is 0 Å². The Morgan fingerprint density at radius 3 is 2.67 bits per heavy atom. The van der Waals surface area contributed by atoms with Crippen molar-refractivity contribution in [1.82, 2.24) is 10.3 Å². The zero-order valence-electron chi connectivity index (χ0n) is 10.8. The molecule has 0 aliphatic heterocycles. The molecule has 1 aromatic rings. The molecule has 1 heterocycles. The predicted octanol–water partition coefficient (Wildman–Crippen LogP) is 0.881. The van der Waals surface area contributed by atoms with E-state index in [2.05, 4.69) is 15.6 Å². The van der Waals surface area contributed by atoms with E-state index in [9.17, 15) is 4.79 Å². The van der Waals surface area contributed by atoms with Gasteiger partial charge in [-0.05, 0) is 25.5 Å². The number of rotatable bonds is 5. The number of aromatic nitrogens is 1. The van der Waals surface area contributed by atoms with Crippen LogP contribution in [0.3, 0.4) is 0 Å². The van der Waals surface area contributed by atoms with Crippen LogP contribution in [0.25, 0.3) is 0 Å². The van der Waals surface area contributed by atoms with Crippen LogP contribution in [0.1, 0.15) is 23.7 Å². The number of pyridine rings is 1. The van der Waals surface area contributed by atoms with Crippen LogP contribution in [0.5, 0.6) is 0 Å². The van der Waals surface area contributed by atoms with Crippen molar-refractivity contribution in [3.8, 4) is 0 Å². The number of aryl methyl sites for hydroxylation is 2. The lowest BCUT2D eigenvalue weighted by molar-refractivity contribution is -0.118. The van der Waals surface area contributed by atoms with Crippen LogP contribution in [0.15, 0.2) is 6.07 Å². The second-order valence-electron chi connectivity index (χ2n) is 4.08. The van der Waals surface area contributed by atoms with E-state index in [1.165, 1.54) is 6.92 Å². The average Bonchev–Trinajstić information content (AvgIpc) is 2.22. The molecule has 0 atom stereocenters. The van der Waals surface area contributed by atoms with Gasteiger partial charge in [-0.15, -0.1) is 0 Å². The maximum Gasteiger partial charge on any atom is 0.216 e. The van der Waals surface area contributed by atoms with E-state index in [4.69, 9.17) is 18.0 Å². The molecule has 0 spiro atoms. The van der Waals surface area contributed by atoms with Gasteiger partial charge in [-0.1, -0.05) is 12.2 Å². The summed E-state index contributed by atoms with van der Waals surface area (Å²) >= 11 is 5.03. The Labute approximate surface area is 112 Å². The molecule has 0 saturated carbocycles. The molecule has 1 rings (SSSR count). The highest BCUT2D eigenvalue weighted by molar-refractivity contribution is 7.80. The van der Waals surface area contributed by atoms with Gasteiger partial charge in [-0.2, -0.15) is 0 Å². The van der Waals surface area contributed by atoms with Crippen LogP contribution in [0, 0.1) is 13.8 Å². The van der Waals surface area contributed by atoms with Crippen molar-refractivity contribution in [2.75, 3.05) is 18.4 Å². The van der Waals surface area contributed by atoms with E-state index < -0.39 is 0 Å². The minimum Gasteiger partial charge on any atom is -0.389 e. The van der Waals surface area contributed by atoms with Gasteiger partial charge >= 0.3 is 0 Å². The van der Waals surface area contributed by atoms with Gasteiger partial charge in [0.25, 0.3) is 0 Å². The summed E-state index contributed by atoms with van der Waals surface area (Å²) in [6.45, 7) is 6.44. The molecule has 0 aromatic carbocycles. The predicted molar refractivity (Wildman–Crippen MR) is 76.8 cm³/mol. The first-order valence-corrected chi connectivity index (χ1v) is 6.09. The molecule has 4 N–H and O–H groups in total. The fraction of sp³-hybridized carbons (Fsp3) is 0.417. The number of hydrogen-bond donors (Lipinski definition) is 3. The van der Waals surface area contributed by atoms with Gasteiger partial charge in [-0.25, -0.2) is 4.98 Å². The van der Waals surface area contributed by atoms with Gasteiger partial charge < -0.3 is 16.4 Å². The molecule has 0 bridgehead atoms. The summed E-state index contributed by atoms with van der Waals surface area (Å²) in [7, 11) is 0. The second-order valence-corrected chi connectivity index (χ2v) is 4.52. The van der Waals surface area contributed by atoms with Crippen molar-refractivity contribution in [2.45, 2.75) is 20.8 Å². The number of nitrogens with two attached hydrogens (primary N) is 1. The van der Waals surface area contributed by atoms with Crippen molar-refractivity contribution in [2.24, 2.45) is 5.73 Å². The maximum atomic E-state index is 10.7. The summed E-state index contributed by atoms with van der Waals surface area (Å²) in [4.78, 5) is 15.4. The van der Waals surface area contributed by atoms with Gasteiger partial charge in [-0.3, -0.25) is 4.79 Å². The lowest BCUT2D eigenvalue weighted by atomic mass is 10.1. The van der Waals surface area contributed by atoms with Crippen molar-refractivity contribution in [1.29, 1.82) is 0 Å². The number of carbonyl (C=O) groups is 1. The lowest BCUT2D eigenvalue weighted by Gasteiger charge is -2.13. The van der Waals surface area contributed by atoms with Gasteiger partial charge in [0.15, 0.2) is 0 Å². The minimum absolute atomic E-state index is 0.0558. The van der Waals surface area contributed by atoms with E-state index in [-0.39, 0.29) is 5.91 Å². The summed E-state index contributed by atoms with van der Waals surface area (Å²) in [6, 6.07) is 1.94. The van der Waals surface area contributed by atoms with Crippen LogP contribution < -0.4 is 16.4 Å². The second kappa shape index (κ2) is 6.30. The van der Waals surface area contributed by atoms with E-state index in [0.717, 1.165) is 16.8 Å². The first-order chi connectivity index (χ1) is 8.41. The molecule has 0 fully saturated rings. The Bertz CT molecular complexity index is 473. The average molecular weight is 266 g/mol. The number of anilines is 1. The molecule has 0 unspecified atom stereocenters. The maximum absolute atomic E-state index is 10.7. The number of carbonyl (C=O) groups excluding carboxylic acids is 1. The van der Waals surface area contributed by atoms with Gasteiger partial charge in [0.1, 0.15) is 10.8 Å². The summed E-state index contributed by atoms with van der Waals surface area (Å²) in [5.41, 5.74) is 8.36. The summed E-state index contributed by atoms with van der Waals surface area (Å²) in [5.74, 6) is 0.616.